The molecule has 23 heavy (non-hydrogen) atoms. The Balaban J connectivity index is 2.03. The molecule has 0 aliphatic carbocycles. The van der Waals surface area contributed by atoms with E-state index in [4.69, 9.17) is 4.74 Å². The molecular formula is C18H17BrN2O2. The number of halogens is 1. The normalized spacial score (nSPS) is 11.0. The molecule has 3 aromatic rings. The van der Waals surface area contributed by atoms with Gasteiger partial charge < -0.3 is 9.72 Å². The molecule has 0 spiro atoms. The van der Waals surface area contributed by atoms with Gasteiger partial charge in [0, 0.05) is 6.42 Å². The van der Waals surface area contributed by atoms with Gasteiger partial charge in [-0.25, -0.2) is 4.98 Å². The van der Waals surface area contributed by atoms with Crippen molar-refractivity contribution in [1.29, 1.82) is 0 Å². The number of hydrogen-bond donors (Lipinski definition) is 1. The molecule has 4 nitrogen and oxygen atoms in total. The van der Waals surface area contributed by atoms with Crippen LogP contribution in [0.25, 0.3) is 11.0 Å². The van der Waals surface area contributed by atoms with E-state index in [-0.39, 0.29) is 5.56 Å². The summed E-state index contributed by atoms with van der Waals surface area (Å²) in [6.07, 6.45) is 0.473. The second kappa shape index (κ2) is 6.16. The Morgan fingerprint density at radius 1 is 1.17 bits per heavy atom. The Morgan fingerprint density at radius 2 is 1.91 bits per heavy atom. The number of aryl methyl sites for hydroxylation is 2. The van der Waals surface area contributed by atoms with Crippen LogP contribution in [0, 0.1) is 13.8 Å². The molecule has 0 amide bonds. The van der Waals surface area contributed by atoms with Crippen LogP contribution in [0.3, 0.4) is 0 Å². The summed E-state index contributed by atoms with van der Waals surface area (Å²) in [5, 5.41) is 0. The number of benzene rings is 2. The van der Waals surface area contributed by atoms with E-state index in [1.807, 2.05) is 44.2 Å². The lowest BCUT2D eigenvalue weighted by atomic mass is 10.1. The molecular weight excluding hydrogens is 356 g/mol. The van der Waals surface area contributed by atoms with Gasteiger partial charge in [0.05, 0.1) is 22.6 Å². The van der Waals surface area contributed by atoms with Gasteiger partial charge >= 0.3 is 0 Å². The average molecular weight is 373 g/mol. The van der Waals surface area contributed by atoms with Gasteiger partial charge in [0.2, 0.25) is 0 Å². The number of nitrogens with zero attached hydrogens (tertiary/aromatic N) is 1. The summed E-state index contributed by atoms with van der Waals surface area (Å²) in [7, 11) is 1.62. The van der Waals surface area contributed by atoms with E-state index in [2.05, 4.69) is 25.9 Å². The van der Waals surface area contributed by atoms with E-state index in [1.54, 1.807) is 7.11 Å². The summed E-state index contributed by atoms with van der Waals surface area (Å²) >= 11 is 3.47. The summed E-state index contributed by atoms with van der Waals surface area (Å²) in [6.45, 7) is 4.07. The first-order valence-corrected chi connectivity index (χ1v) is 8.10. The summed E-state index contributed by atoms with van der Waals surface area (Å²) in [5.41, 5.74) is 5.26. The van der Waals surface area contributed by atoms with Crippen molar-refractivity contribution < 1.29 is 4.74 Å². The number of fused-ring (bicyclic) bond motifs is 1. The third kappa shape index (κ3) is 3.15. The predicted molar refractivity (Wildman–Crippen MR) is 95.3 cm³/mol. The molecule has 1 aromatic heterocycles. The molecule has 0 saturated heterocycles. The van der Waals surface area contributed by atoms with Crippen molar-refractivity contribution in [3.63, 3.8) is 0 Å². The maximum Gasteiger partial charge on any atom is 0.270 e. The Hall–Kier alpha value is -2.14. The van der Waals surface area contributed by atoms with Crippen LogP contribution in [0.4, 0.5) is 0 Å². The number of aromatic amines is 1. The molecule has 1 heterocycles. The van der Waals surface area contributed by atoms with Crippen LogP contribution in [0.5, 0.6) is 5.75 Å². The van der Waals surface area contributed by atoms with Gasteiger partial charge in [0.15, 0.2) is 0 Å². The Labute approximate surface area is 142 Å². The molecule has 0 bridgehead atoms. The lowest BCUT2D eigenvalue weighted by Crippen LogP contribution is -2.15. The highest BCUT2D eigenvalue weighted by atomic mass is 79.9. The van der Waals surface area contributed by atoms with E-state index in [9.17, 15) is 4.79 Å². The molecule has 0 aliphatic heterocycles. The first kappa shape index (κ1) is 15.7. The number of hydrogen-bond acceptors (Lipinski definition) is 3. The van der Waals surface area contributed by atoms with Crippen molar-refractivity contribution >= 4 is 27.0 Å². The SMILES string of the molecule is COc1ccc(Cc2nc3cc(C)c(C)cc3[nH]c2=O)cc1Br. The zero-order chi connectivity index (χ0) is 16.6. The summed E-state index contributed by atoms with van der Waals surface area (Å²) in [6, 6.07) is 9.74. The molecule has 0 saturated carbocycles. The molecule has 118 valence electrons. The Kier molecular flexibility index (Phi) is 4.22. The lowest BCUT2D eigenvalue weighted by molar-refractivity contribution is 0.412. The quantitative estimate of drug-likeness (QED) is 0.758. The summed E-state index contributed by atoms with van der Waals surface area (Å²) in [4.78, 5) is 19.8. The van der Waals surface area contributed by atoms with Crippen molar-refractivity contribution in [2.75, 3.05) is 7.11 Å². The summed E-state index contributed by atoms with van der Waals surface area (Å²) < 4.78 is 6.09. The zero-order valence-electron chi connectivity index (χ0n) is 13.2. The van der Waals surface area contributed by atoms with Crippen LogP contribution in [-0.2, 0) is 6.42 Å². The molecule has 0 aliphatic rings. The second-order valence-electron chi connectivity index (χ2n) is 5.61. The minimum Gasteiger partial charge on any atom is -0.496 e. The predicted octanol–water partition coefficient (Wildman–Crippen LogP) is 3.90. The fourth-order valence-corrected chi connectivity index (χ4v) is 3.11. The molecule has 2 aromatic carbocycles. The summed E-state index contributed by atoms with van der Waals surface area (Å²) in [5.74, 6) is 0.764. The molecule has 0 atom stereocenters. The minimum absolute atomic E-state index is 0.146. The number of ether oxygens (including phenoxy) is 1. The molecule has 5 heteroatoms. The maximum absolute atomic E-state index is 12.3. The Morgan fingerprint density at radius 3 is 2.61 bits per heavy atom. The number of rotatable bonds is 3. The van der Waals surface area contributed by atoms with E-state index in [0.29, 0.717) is 12.1 Å². The monoisotopic (exact) mass is 372 g/mol. The number of methoxy groups -OCH3 is 1. The van der Waals surface area contributed by atoms with Gasteiger partial charge in [0.1, 0.15) is 11.4 Å². The lowest BCUT2D eigenvalue weighted by Gasteiger charge is -2.08. The van der Waals surface area contributed by atoms with Crippen LogP contribution in [0.2, 0.25) is 0 Å². The van der Waals surface area contributed by atoms with E-state index in [1.165, 1.54) is 0 Å². The first-order valence-electron chi connectivity index (χ1n) is 7.30. The highest BCUT2D eigenvalue weighted by molar-refractivity contribution is 9.10. The van der Waals surface area contributed by atoms with Crippen molar-refractivity contribution in [1.82, 2.24) is 9.97 Å². The van der Waals surface area contributed by atoms with Gasteiger partial charge in [0.25, 0.3) is 5.56 Å². The minimum atomic E-state index is -0.146. The zero-order valence-corrected chi connectivity index (χ0v) is 14.8. The Bertz CT molecular complexity index is 948. The molecule has 0 radical (unpaired) electrons. The molecule has 3 rings (SSSR count). The smallest absolute Gasteiger partial charge is 0.270 e. The van der Waals surface area contributed by atoms with Gasteiger partial charge in [-0.3, -0.25) is 4.79 Å². The van der Waals surface area contributed by atoms with Crippen molar-refractivity contribution in [3.8, 4) is 5.75 Å². The van der Waals surface area contributed by atoms with Crippen molar-refractivity contribution in [2.45, 2.75) is 20.3 Å². The van der Waals surface area contributed by atoms with Gasteiger partial charge in [-0.1, -0.05) is 6.07 Å². The van der Waals surface area contributed by atoms with Crippen LogP contribution in [0.15, 0.2) is 39.6 Å². The topological polar surface area (TPSA) is 55.0 Å². The van der Waals surface area contributed by atoms with Crippen LogP contribution < -0.4 is 10.3 Å². The van der Waals surface area contributed by atoms with Crippen LogP contribution in [-0.4, -0.2) is 17.1 Å². The first-order chi connectivity index (χ1) is 11.0. The highest BCUT2D eigenvalue weighted by Crippen LogP contribution is 2.26. The van der Waals surface area contributed by atoms with Gasteiger partial charge in [-0.05, 0) is 70.7 Å². The fourth-order valence-electron chi connectivity index (χ4n) is 2.52. The van der Waals surface area contributed by atoms with Gasteiger partial charge in [-0.15, -0.1) is 0 Å². The number of nitrogens with one attached hydrogen (secondary N) is 1. The average Bonchev–Trinajstić information content (AvgIpc) is 2.50. The van der Waals surface area contributed by atoms with Gasteiger partial charge in [-0.2, -0.15) is 0 Å². The largest absolute Gasteiger partial charge is 0.496 e. The molecule has 1 N–H and O–H groups in total. The molecule has 0 unspecified atom stereocenters. The van der Waals surface area contributed by atoms with Crippen LogP contribution >= 0.6 is 15.9 Å². The van der Waals surface area contributed by atoms with E-state index >= 15 is 0 Å². The fraction of sp³-hybridized carbons (Fsp3) is 0.222. The number of aromatic nitrogens is 2. The number of H-pyrrole nitrogens is 1. The third-order valence-corrected chi connectivity index (χ3v) is 4.59. The van der Waals surface area contributed by atoms with Crippen LogP contribution in [0.1, 0.15) is 22.4 Å². The molecule has 0 fully saturated rings. The standard InChI is InChI=1S/C18H17BrN2O2/c1-10-6-14-15(7-11(10)2)21-18(22)16(20-14)9-12-4-5-17(23-3)13(19)8-12/h4-8H,9H2,1-3H3,(H,21,22). The van der Waals surface area contributed by atoms with E-state index < -0.39 is 0 Å². The van der Waals surface area contributed by atoms with Crippen molar-refractivity contribution in [2.24, 2.45) is 0 Å². The van der Waals surface area contributed by atoms with E-state index in [0.717, 1.165) is 37.9 Å². The highest BCUT2D eigenvalue weighted by Gasteiger charge is 2.09. The third-order valence-electron chi connectivity index (χ3n) is 3.97. The second-order valence-corrected chi connectivity index (χ2v) is 6.47. The van der Waals surface area contributed by atoms with Crippen molar-refractivity contribution in [3.05, 3.63) is 67.5 Å². The maximum atomic E-state index is 12.3.